The first-order valence-electron chi connectivity index (χ1n) is 9.37. The van der Waals surface area contributed by atoms with Crippen LogP contribution in [0.4, 0.5) is 11.4 Å². The van der Waals surface area contributed by atoms with Crippen LogP contribution in [-0.2, 0) is 9.59 Å². The van der Waals surface area contributed by atoms with Gasteiger partial charge in [-0.2, -0.15) is 0 Å². The molecule has 2 aromatic rings. The topological polar surface area (TPSA) is 120 Å². The number of carbonyl (C=O) groups excluding carboxylic acids is 2. The van der Waals surface area contributed by atoms with Gasteiger partial charge in [0, 0.05) is 6.07 Å². The van der Waals surface area contributed by atoms with Crippen molar-refractivity contribution < 1.29 is 28.7 Å². The first-order chi connectivity index (χ1) is 15.8. The number of ether oxygens (including phenoxy) is 3. The van der Waals surface area contributed by atoms with Gasteiger partial charge in [-0.3, -0.25) is 24.6 Å². The molecular weight excluding hydrogens is 470 g/mol. The molecule has 10 nitrogen and oxygen atoms in total. The molecule has 1 heterocycles. The maximum atomic E-state index is 12.9. The highest BCUT2D eigenvalue weighted by molar-refractivity contribution is 8.26. The summed E-state index contributed by atoms with van der Waals surface area (Å²) in [6.45, 7) is -0.386. The van der Waals surface area contributed by atoms with E-state index in [1.165, 1.54) is 39.5 Å². The maximum Gasteiger partial charge on any atom is 0.292 e. The van der Waals surface area contributed by atoms with Crippen LogP contribution < -0.4 is 19.5 Å². The van der Waals surface area contributed by atoms with Gasteiger partial charge < -0.3 is 19.5 Å². The summed E-state index contributed by atoms with van der Waals surface area (Å²) in [4.78, 5) is 37.3. The Morgan fingerprint density at radius 2 is 1.82 bits per heavy atom. The van der Waals surface area contributed by atoms with E-state index < -0.39 is 16.7 Å². The van der Waals surface area contributed by atoms with Crippen LogP contribution in [0.15, 0.2) is 41.3 Å². The third-order valence-electron chi connectivity index (χ3n) is 4.53. The Morgan fingerprint density at radius 3 is 2.39 bits per heavy atom. The van der Waals surface area contributed by atoms with Crippen molar-refractivity contribution in [3.8, 4) is 17.2 Å². The molecule has 1 saturated heterocycles. The normalized spacial score (nSPS) is 14.4. The number of thiocarbonyl (C=S) groups is 1. The molecule has 0 atom stereocenters. The van der Waals surface area contributed by atoms with Gasteiger partial charge in [-0.25, -0.2) is 0 Å². The molecule has 0 unspecified atom stereocenters. The molecule has 0 spiro atoms. The standard InChI is InChI=1S/C21H19N3O7S2/c1-29-15-8-12(9-16(30-2)19(15)31-3)10-17-20(26)23(21(32)33-17)11-18(25)22-13-6-4-5-7-14(13)24(27)28/h4-10H,11H2,1-3H3,(H,22,25). The van der Waals surface area contributed by atoms with Crippen LogP contribution in [0.5, 0.6) is 17.2 Å². The zero-order chi connectivity index (χ0) is 24.1. The van der Waals surface area contributed by atoms with E-state index in [1.54, 1.807) is 24.3 Å². The van der Waals surface area contributed by atoms with Crippen molar-refractivity contribution in [1.82, 2.24) is 4.90 Å². The Hall–Kier alpha value is -3.64. The van der Waals surface area contributed by atoms with Gasteiger partial charge in [0.1, 0.15) is 16.6 Å². The molecule has 0 aromatic heterocycles. The highest BCUT2D eigenvalue weighted by Gasteiger charge is 2.34. The summed E-state index contributed by atoms with van der Waals surface area (Å²) in [6, 6.07) is 9.08. The molecule has 0 bridgehead atoms. The number of amides is 2. The lowest BCUT2D eigenvalue weighted by Gasteiger charge is -2.14. The van der Waals surface area contributed by atoms with Crippen LogP contribution in [0, 0.1) is 10.1 Å². The largest absolute Gasteiger partial charge is 0.493 e. The van der Waals surface area contributed by atoms with E-state index in [0.29, 0.717) is 27.7 Å². The maximum absolute atomic E-state index is 12.9. The monoisotopic (exact) mass is 489 g/mol. The van der Waals surface area contributed by atoms with Gasteiger partial charge in [-0.1, -0.05) is 36.1 Å². The number of nitrogens with one attached hydrogen (secondary N) is 1. The molecule has 33 heavy (non-hydrogen) atoms. The van der Waals surface area contributed by atoms with Crippen molar-refractivity contribution in [2.45, 2.75) is 0 Å². The molecule has 1 fully saturated rings. The molecular formula is C21H19N3O7S2. The number of nitro groups is 1. The summed E-state index contributed by atoms with van der Waals surface area (Å²) >= 11 is 6.31. The van der Waals surface area contributed by atoms with Gasteiger partial charge in [-0.05, 0) is 29.8 Å². The molecule has 1 aliphatic heterocycles. The van der Waals surface area contributed by atoms with Gasteiger partial charge in [-0.15, -0.1) is 0 Å². The first kappa shape index (κ1) is 24.0. The molecule has 2 aromatic carbocycles. The second kappa shape index (κ2) is 10.3. The number of para-hydroxylation sites is 2. The Bertz CT molecular complexity index is 1140. The number of nitro benzene ring substituents is 1. The molecule has 0 radical (unpaired) electrons. The highest BCUT2D eigenvalue weighted by atomic mass is 32.2. The molecule has 0 saturated carbocycles. The molecule has 3 rings (SSSR count). The Labute approximate surface area is 198 Å². The second-order valence-electron chi connectivity index (χ2n) is 6.55. The number of benzene rings is 2. The number of methoxy groups -OCH3 is 3. The van der Waals surface area contributed by atoms with Crippen molar-refractivity contribution in [2.75, 3.05) is 33.2 Å². The third kappa shape index (κ3) is 5.23. The zero-order valence-electron chi connectivity index (χ0n) is 17.8. The van der Waals surface area contributed by atoms with Crippen LogP contribution in [-0.4, -0.2) is 53.8 Å². The number of nitrogens with zero attached hydrogens (tertiary/aromatic N) is 2. The summed E-state index contributed by atoms with van der Waals surface area (Å²) in [6.07, 6.45) is 1.60. The molecule has 1 N–H and O–H groups in total. The molecule has 2 amide bonds. The van der Waals surface area contributed by atoms with E-state index in [9.17, 15) is 19.7 Å². The van der Waals surface area contributed by atoms with Crippen LogP contribution >= 0.6 is 24.0 Å². The lowest BCUT2D eigenvalue weighted by molar-refractivity contribution is -0.383. The second-order valence-corrected chi connectivity index (χ2v) is 8.22. The Kier molecular flexibility index (Phi) is 7.51. The summed E-state index contributed by atoms with van der Waals surface area (Å²) < 4.78 is 16.1. The summed E-state index contributed by atoms with van der Waals surface area (Å²) in [5.41, 5.74) is 0.388. The summed E-state index contributed by atoms with van der Waals surface area (Å²) in [5, 5.41) is 13.6. The van der Waals surface area contributed by atoms with Crippen molar-refractivity contribution >= 4 is 57.6 Å². The average Bonchev–Trinajstić information content (AvgIpc) is 3.05. The molecule has 0 aliphatic carbocycles. The fourth-order valence-corrected chi connectivity index (χ4v) is 4.30. The summed E-state index contributed by atoms with van der Waals surface area (Å²) in [5.74, 6) is 0.173. The number of hydrogen-bond acceptors (Lipinski definition) is 9. The van der Waals surface area contributed by atoms with E-state index in [1.807, 2.05) is 0 Å². The van der Waals surface area contributed by atoms with E-state index in [2.05, 4.69) is 5.32 Å². The smallest absolute Gasteiger partial charge is 0.292 e. The minimum absolute atomic E-state index is 0.0332. The van der Waals surface area contributed by atoms with Crippen LogP contribution in [0.3, 0.4) is 0 Å². The highest BCUT2D eigenvalue weighted by Crippen LogP contribution is 2.40. The first-order valence-corrected chi connectivity index (χ1v) is 10.6. The van der Waals surface area contributed by atoms with Gasteiger partial charge in [0.2, 0.25) is 11.7 Å². The molecule has 12 heteroatoms. The van der Waals surface area contributed by atoms with Gasteiger partial charge in [0.15, 0.2) is 11.5 Å². The fourth-order valence-electron chi connectivity index (χ4n) is 3.04. The predicted molar refractivity (Wildman–Crippen MR) is 128 cm³/mol. The average molecular weight is 490 g/mol. The van der Waals surface area contributed by atoms with Crippen LogP contribution in [0.2, 0.25) is 0 Å². The van der Waals surface area contributed by atoms with Gasteiger partial charge in [0.05, 0.1) is 31.2 Å². The number of hydrogen-bond donors (Lipinski definition) is 1. The van der Waals surface area contributed by atoms with Crippen LogP contribution in [0.1, 0.15) is 5.56 Å². The van der Waals surface area contributed by atoms with E-state index in [4.69, 9.17) is 26.4 Å². The van der Waals surface area contributed by atoms with Gasteiger partial charge in [0.25, 0.3) is 11.6 Å². The van der Waals surface area contributed by atoms with E-state index in [0.717, 1.165) is 16.7 Å². The minimum Gasteiger partial charge on any atom is -0.493 e. The third-order valence-corrected chi connectivity index (χ3v) is 5.91. The van der Waals surface area contributed by atoms with Crippen molar-refractivity contribution in [1.29, 1.82) is 0 Å². The molecule has 172 valence electrons. The Balaban J connectivity index is 1.79. The van der Waals surface area contributed by atoms with Crippen molar-refractivity contribution in [2.24, 2.45) is 0 Å². The quantitative estimate of drug-likeness (QED) is 0.257. The number of rotatable bonds is 8. The summed E-state index contributed by atoms with van der Waals surface area (Å²) in [7, 11) is 4.45. The Morgan fingerprint density at radius 1 is 1.18 bits per heavy atom. The van der Waals surface area contributed by atoms with Gasteiger partial charge >= 0.3 is 0 Å². The van der Waals surface area contributed by atoms with E-state index >= 15 is 0 Å². The lowest BCUT2D eigenvalue weighted by Crippen LogP contribution is -2.36. The van der Waals surface area contributed by atoms with E-state index in [-0.39, 0.29) is 22.2 Å². The number of thioether (sulfide) groups is 1. The number of carbonyl (C=O) groups is 2. The minimum atomic E-state index is -0.616. The van der Waals surface area contributed by atoms with Crippen LogP contribution in [0.25, 0.3) is 6.08 Å². The van der Waals surface area contributed by atoms with Crippen molar-refractivity contribution in [3.63, 3.8) is 0 Å². The zero-order valence-corrected chi connectivity index (χ0v) is 19.5. The predicted octanol–water partition coefficient (Wildman–Crippen LogP) is 3.46. The fraction of sp³-hybridized carbons (Fsp3) is 0.190. The SMILES string of the molecule is COc1cc(C=C2SC(=S)N(CC(=O)Nc3ccccc3[N+](=O)[O-])C2=O)cc(OC)c1OC. The lowest BCUT2D eigenvalue weighted by atomic mass is 10.1. The molecule has 1 aliphatic rings. The van der Waals surface area contributed by atoms with Crippen molar-refractivity contribution in [3.05, 3.63) is 57.0 Å². The number of anilines is 1.